The van der Waals surface area contributed by atoms with Crippen molar-refractivity contribution in [2.45, 2.75) is 11.8 Å². The topological polar surface area (TPSA) is 54.5 Å². The van der Waals surface area contributed by atoms with Gasteiger partial charge < -0.3 is 0 Å². The number of carbonyl (C=O) groups is 1. The van der Waals surface area contributed by atoms with E-state index in [0.29, 0.717) is 15.6 Å². The average Bonchev–Trinajstić information content (AvgIpc) is 2.69. The van der Waals surface area contributed by atoms with E-state index in [9.17, 15) is 13.2 Å². The lowest BCUT2D eigenvalue weighted by Gasteiger charge is -2.21. The predicted molar refractivity (Wildman–Crippen MR) is 118 cm³/mol. The summed E-state index contributed by atoms with van der Waals surface area (Å²) in [7, 11) is -4.11. The van der Waals surface area contributed by atoms with Crippen molar-refractivity contribution >= 4 is 50.9 Å². The number of hydrogen-bond acceptors (Lipinski definition) is 3. The molecule has 0 unspecified atom stereocenters. The van der Waals surface area contributed by atoms with Gasteiger partial charge in [-0.1, -0.05) is 65.2 Å². The molecule has 0 aliphatic heterocycles. The number of benzene rings is 3. The van der Waals surface area contributed by atoms with Gasteiger partial charge in [0, 0.05) is 16.1 Å². The fourth-order valence-electron chi connectivity index (χ4n) is 2.63. The molecule has 0 fully saturated rings. The van der Waals surface area contributed by atoms with Gasteiger partial charge >= 0.3 is 0 Å². The Kier molecular flexibility index (Phi) is 6.42. The molecule has 0 aromatic heterocycles. The Morgan fingerprint density at radius 3 is 2.21 bits per heavy atom. The molecule has 3 aromatic rings. The second kappa shape index (κ2) is 8.82. The number of hydrogen-bond donors (Lipinski definition) is 0. The Morgan fingerprint density at radius 2 is 1.59 bits per heavy atom. The van der Waals surface area contributed by atoms with E-state index in [1.165, 1.54) is 24.3 Å². The zero-order chi connectivity index (χ0) is 21.0. The maximum Gasteiger partial charge on any atom is 0.271 e. The van der Waals surface area contributed by atoms with Crippen LogP contribution >= 0.6 is 23.2 Å². The number of halogens is 2. The highest BCUT2D eigenvalue weighted by atomic mass is 35.5. The quantitative estimate of drug-likeness (QED) is 0.470. The van der Waals surface area contributed by atoms with Crippen LogP contribution < -0.4 is 4.31 Å². The first-order chi connectivity index (χ1) is 13.8. The first-order valence-electron chi connectivity index (χ1n) is 8.63. The summed E-state index contributed by atoms with van der Waals surface area (Å²) < 4.78 is 27.2. The number of aryl methyl sites for hydroxylation is 1. The van der Waals surface area contributed by atoms with Gasteiger partial charge in [-0.25, -0.2) is 8.42 Å². The third-order valence-electron chi connectivity index (χ3n) is 4.12. The van der Waals surface area contributed by atoms with Crippen LogP contribution in [0.4, 0.5) is 5.69 Å². The molecule has 0 spiro atoms. The van der Waals surface area contributed by atoms with Crippen molar-refractivity contribution in [3.8, 4) is 0 Å². The van der Waals surface area contributed by atoms with Crippen LogP contribution in [0.25, 0.3) is 6.08 Å². The molecule has 0 aliphatic carbocycles. The van der Waals surface area contributed by atoms with E-state index in [1.807, 2.05) is 6.92 Å². The summed E-state index contributed by atoms with van der Waals surface area (Å²) >= 11 is 12.0. The molecule has 0 saturated heterocycles. The molecular formula is C22H17Cl2NO3S. The SMILES string of the molecule is Cc1ccc(N(C(=O)/C=C/c2ccc(Cl)cc2Cl)S(=O)(=O)c2ccccc2)cc1. The van der Waals surface area contributed by atoms with Crippen molar-refractivity contribution < 1.29 is 13.2 Å². The summed E-state index contributed by atoms with van der Waals surface area (Å²) in [6, 6.07) is 19.3. The number of sulfonamides is 1. The van der Waals surface area contributed by atoms with Gasteiger partial charge in [-0.15, -0.1) is 0 Å². The Hall–Kier alpha value is -2.60. The van der Waals surface area contributed by atoms with Gasteiger partial charge in [0.05, 0.1) is 10.6 Å². The normalized spacial score (nSPS) is 11.6. The van der Waals surface area contributed by atoms with Gasteiger partial charge in [0.15, 0.2) is 0 Å². The molecule has 148 valence electrons. The Balaban J connectivity index is 2.04. The monoisotopic (exact) mass is 445 g/mol. The highest BCUT2D eigenvalue weighted by Gasteiger charge is 2.29. The van der Waals surface area contributed by atoms with Crippen molar-refractivity contribution in [1.82, 2.24) is 0 Å². The third kappa shape index (κ3) is 4.88. The van der Waals surface area contributed by atoms with Crippen LogP contribution in [0.15, 0.2) is 83.8 Å². The van der Waals surface area contributed by atoms with Crippen molar-refractivity contribution in [2.75, 3.05) is 4.31 Å². The molecule has 0 heterocycles. The minimum Gasteiger partial charge on any atom is -0.268 e. The summed E-state index contributed by atoms with van der Waals surface area (Å²) in [4.78, 5) is 13.0. The first kappa shape index (κ1) is 21.1. The molecule has 0 saturated carbocycles. The lowest BCUT2D eigenvalue weighted by Crippen LogP contribution is -2.35. The molecular weight excluding hydrogens is 429 g/mol. The van der Waals surface area contributed by atoms with Crippen LogP contribution in [0.1, 0.15) is 11.1 Å². The fraction of sp³-hybridized carbons (Fsp3) is 0.0455. The second-order valence-corrected chi connectivity index (χ2v) is 8.89. The number of anilines is 1. The summed E-state index contributed by atoms with van der Waals surface area (Å²) in [5.74, 6) is -0.719. The smallest absolute Gasteiger partial charge is 0.268 e. The number of nitrogens with zero attached hydrogens (tertiary/aromatic N) is 1. The number of rotatable bonds is 5. The minimum absolute atomic E-state index is 0.0202. The van der Waals surface area contributed by atoms with Crippen LogP contribution in [0.2, 0.25) is 10.0 Å². The molecule has 29 heavy (non-hydrogen) atoms. The largest absolute Gasteiger partial charge is 0.271 e. The molecule has 3 rings (SSSR count). The van der Waals surface area contributed by atoms with Gasteiger partial charge in [-0.3, -0.25) is 4.79 Å². The molecule has 0 atom stereocenters. The van der Waals surface area contributed by atoms with Gasteiger partial charge in [0.2, 0.25) is 0 Å². The van der Waals surface area contributed by atoms with Crippen LogP contribution in [0.3, 0.4) is 0 Å². The Bertz CT molecular complexity index is 1160. The third-order valence-corrected chi connectivity index (χ3v) is 6.42. The summed E-state index contributed by atoms with van der Waals surface area (Å²) in [5.41, 5.74) is 1.74. The zero-order valence-corrected chi connectivity index (χ0v) is 17.7. The van der Waals surface area contributed by atoms with E-state index >= 15 is 0 Å². The van der Waals surface area contributed by atoms with Crippen molar-refractivity contribution in [3.05, 3.63) is 100 Å². The standard InChI is InChI=1S/C22H17Cl2NO3S/c1-16-7-12-19(13-8-16)25(29(27,28)20-5-3-2-4-6-20)22(26)14-10-17-9-11-18(23)15-21(17)24/h2-15H,1H3/b14-10+. The summed E-state index contributed by atoms with van der Waals surface area (Å²) in [6.07, 6.45) is 2.64. The molecule has 7 heteroatoms. The van der Waals surface area contributed by atoms with Crippen LogP contribution in [-0.2, 0) is 14.8 Å². The van der Waals surface area contributed by atoms with Crippen molar-refractivity contribution in [2.24, 2.45) is 0 Å². The number of carbonyl (C=O) groups excluding carboxylic acids is 1. The van der Waals surface area contributed by atoms with Gasteiger partial charge in [0.1, 0.15) is 0 Å². The molecule has 0 aliphatic rings. The Morgan fingerprint density at radius 1 is 0.931 bits per heavy atom. The molecule has 1 amide bonds. The minimum atomic E-state index is -4.11. The van der Waals surface area contributed by atoms with Crippen molar-refractivity contribution in [3.63, 3.8) is 0 Å². The fourth-order valence-corrected chi connectivity index (χ4v) is 4.51. The molecule has 4 nitrogen and oxygen atoms in total. The highest BCUT2D eigenvalue weighted by Crippen LogP contribution is 2.26. The van der Waals surface area contributed by atoms with E-state index in [2.05, 4.69) is 0 Å². The lowest BCUT2D eigenvalue weighted by molar-refractivity contribution is -0.113. The van der Waals surface area contributed by atoms with Crippen LogP contribution in [0.5, 0.6) is 0 Å². The van der Waals surface area contributed by atoms with E-state index in [4.69, 9.17) is 23.2 Å². The molecule has 0 radical (unpaired) electrons. The summed E-state index contributed by atoms with van der Waals surface area (Å²) in [6.45, 7) is 1.88. The van der Waals surface area contributed by atoms with Gasteiger partial charge in [-0.2, -0.15) is 4.31 Å². The molecule has 3 aromatic carbocycles. The van der Waals surface area contributed by atoms with Gasteiger partial charge in [0.25, 0.3) is 15.9 Å². The maximum absolute atomic E-state index is 13.2. The van der Waals surface area contributed by atoms with Crippen LogP contribution in [0, 0.1) is 6.92 Å². The van der Waals surface area contributed by atoms with E-state index in [0.717, 1.165) is 9.87 Å². The first-order valence-corrected chi connectivity index (χ1v) is 10.8. The zero-order valence-electron chi connectivity index (χ0n) is 15.4. The lowest BCUT2D eigenvalue weighted by atomic mass is 10.2. The average molecular weight is 446 g/mol. The highest BCUT2D eigenvalue weighted by molar-refractivity contribution is 7.93. The number of amides is 1. The molecule has 0 bridgehead atoms. The summed E-state index contributed by atoms with van der Waals surface area (Å²) in [5, 5.41) is 0.820. The van der Waals surface area contributed by atoms with Gasteiger partial charge in [-0.05, 0) is 55.0 Å². The predicted octanol–water partition coefficient (Wildman–Crippen LogP) is 5.74. The Labute approximate surface area is 180 Å². The second-order valence-electron chi connectivity index (χ2n) is 6.26. The van der Waals surface area contributed by atoms with E-state index in [-0.39, 0.29) is 10.6 Å². The van der Waals surface area contributed by atoms with Crippen molar-refractivity contribution in [1.29, 1.82) is 0 Å². The van der Waals surface area contributed by atoms with E-state index < -0.39 is 15.9 Å². The van der Waals surface area contributed by atoms with Crippen LogP contribution in [-0.4, -0.2) is 14.3 Å². The molecule has 0 N–H and O–H groups in total. The van der Waals surface area contributed by atoms with E-state index in [1.54, 1.807) is 60.7 Å². The maximum atomic E-state index is 13.2.